The van der Waals surface area contributed by atoms with Crippen LogP contribution in [-0.4, -0.2) is 32.0 Å². The zero-order valence-electron chi connectivity index (χ0n) is 15.4. The summed E-state index contributed by atoms with van der Waals surface area (Å²) in [5.74, 6) is 1.11. The van der Waals surface area contributed by atoms with Gasteiger partial charge in [-0.25, -0.2) is 4.98 Å². The third kappa shape index (κ3) is 3.06. The maximum absolute atomic E-state index is 12.1. The van der Waals surface area contributed by atoms with Gasteiger partial charge in [-0.2, -0.15) is 4.98 Å². The van der Waals surface area contributed by atoms with Crippen LogP contribution in [0.3, 0.4) is 0 Å². The number of imidazole rings is 1. The number of nitrogens with zero attached hydrogens (tertiary/aromatic N) is 3. The van der Waals surface area contributed by atoms with Gasteiger partial charge in [0.1, 0.15) is 5.75 Å². The number of H-pyrrole nitrogens is 2. The lowest BCUT2D eigenvalue weighted by Crippen LogP contribution is -2.11. The summed E-state index contributed by atoms with van der Waals surface area (Å²) in [6.45, 7) is 0. The molecule has 2 aromatic carbocycles. The number of anilines is 2. The average molecular weight is 384 g/mol. The van der Waals surface area contributed by atoms with Gasteiger partial charge in [-0.15, -0.1) is 0 Å². The van der Waals surface area contributed by atoms with Gasteiger partial charge in [0, 0.05) is 17.3 Å². The Labute approximate surface area is 164 Å². The largest absolute Gasteiger partial charge is 0.497 e. The Morgan fingerprint density at radius 3 is 2.90 bits per heavy atom. The van der Waals surface area contributed by atoms with Crippen molar-refractivity contribution >= 4 is 33.7 Å². The molecule has 0 saturated carbocycles. The van der Waals surface area contributed by atoms with E-state index in [9.17, 15) is 4.79 Å². The summed E-state index contributed by atoms with van der Waals surface area (Å²) in [7, 11) is 1.65. The van der Waals surface area contributed by atoms with Crippen molar-refractivity contribution in [3.8, 4) is 16.9 Å². The smallest absolute Gasteiger partial charge is 0.278 e. The van der Waals surface area contributed by atoms with Crippen LogP contribution in [0, 0.1) is 0 Å². The second-order valence-electron chi connectivity index (χ2n) is 6.46. The van der Waals surface area contributed by atoms with Crippen molar-refractivity contribution in [3.63, 3.8) is 0 Å². The number of fused-ring (bicyclic) bond motifs is 2. The highest BCUT2D eigenvalue weighted by Crippen LogP contribution is 2.31. The minimum absolute atomic E-state index is 0.283. The topological polar surface area (TPSA) is 109 Å². The number of aromatic nitrogens is 5. The second kappa shape index (κ2) is 6.75. The first kappa shape index (κ1) is 16.9. The number of rotatable bonds is 4. The zero-order valence-corrected chi connectivity index (χ0v) is 15.4. The van der Waals surface area contributed by atoms with E-state index < -0.39 is 0 Å². The van der Waals surface area contributed by atoms with Crippen LogP contribution >= 0.6 is 0 Å². The molecule has 0 fully saturated rings. The molecule has 0 saturated heterocycles. The van der Waals surface area contributed by atoms with E-state index in [0.29, 0.717) is 17.1 Å². The van der Waals surface area contributed by atoms with Gasteiger partial charge in [-0.1, -0.05) is 12.1 Å². The van der Waals surface area contributed by atoms with Gasteiger partial charge in [-0.05, 0) is 47.5 Å². The van der Waals surface area contributed by atoms with Crippen LogP contribution in [0.15, 0.2) is 65.8 Å². The molecule has 5 rings (SSSR count). The van der Waals surface area contributed by atoms with Crippen molar-refractivity contribution in [2.75, 3.05) is 12.4 Å². The van der Waals surface area contributed by atoms with Gasteiger partial charge in [0.2, 0.25) is 5.95 Å². The van der Waals surface area contributed by atoms with E-state index in [2.05, 4.69) is 30.2 Å². The molecule has 3 heterocycles. The standard InChI is InChI=1S/C21H16N6O2/c1-29-14-4-2-3-12(9-14)15-7-8-22-17-6-5-13(10-16(15)17)25-21-26-19-18(20(28)27-21)23-11-24-19/h2-11H,1H3,(H3,23,24,25,26,27,28). The average Bonchev–Trinajstić information content (AvgIpc) is 3.22. The molecule has 0 spiro atoms. The van der Waals surface area contributed by atoms with E-state index in [4.69, 9.17) is 4.74 Å². The number of aromatic amines is 2. The first-order valence-corrected chi connectivity index (χ1v) is 8.95. The first-order valence-electron chi connectivity index (χ1n) is 8.95. The Morgan fingerprint density at radius 2 is 2.00 bits per heavy atom. The fourth-order valence-corrected chi connectivity index (χ4v) is 3.31. The highest BCUT2D eigenvalue weighted by atomic mass is 16.5. The Balaban J connectivity index is 1.59. The molecule has 0 unspecified atom stereocenters. The minimum Gasteiger partial charge on any atom is -0.497 e. The fraction of sp³-hybridized carbons (Fsp3) is 0.0476. The van der Waals surface area contributed by atoms with Crippen LogP contribution in [0.25, 0.3) is 33.2 Å². The van der Waals surface area contributed by atoms with E-state index in [1.165, 1.54) is 6.33 Å². The van der Waals surface area contributed by atoms with E-state index >= 15 is 0 Å². The third-order valence-corrected chi connectivity index (χ3v) is 4.68. The van der Waals surface area contributed by atoms with Crippen molar-refractivity contribution < 1.29 is 4.74 Å². The van der Waals surface area contributed by atoms with Gasteiger partial charge in [0.25, 0.3) is 5.56 Å². The quantitative estimate of drug-likeness (QED) is 0.437. The predicted molar refractivity (Wildman–Crippen MR) is 112 cm³/mol. The summed E-state index contributed by atoms with van der Waals surface area (Å²) in [6.07, 6.45) is 3.23. The van der Waals surface area contributed by atoms with E-state index in [1.807, 2.05) is 48.5 Å². The molecule has 0 aliphatic heterocycles. The number of ether oxygens (including phenoxy) is 1. The molecule has 3 N–H and O–H groups in total. The molecule has 0 radical (unpaired) electrons. The molecular weight excluding hydrogens is 368 g/mol. The van der Waals surface area contributed by atoms with Gasteiger partial charge in [0.05, 0.1) is 19.0 Å². The molecular formula is C21H16N6O2. The molecule has 8 heteroatoms. The molecule has 0 atom stereocenters. The van der Waals surface area contributed by atoms with Crippen molar-refractivity contribution in [2.24, 2.45) is 0 Å². The number of benzene rings is 2. The number of pyridine rings is 1. The normalized spacial score (nSPS) is 11.1. The van der Waals surface area contributed by atoms with Crippen LogP contribution in [0.2, 0.25) is 0 Å². The van der Waals surface area contributed by atoms with Gasteiger partial charge < -0.3 is 15.0 Å². The molecule has 142 valence electrons. The summed E-state index contributed by atoms with van der Waals surface area (Å²) in [4.78, 5) is 30.5. The Bertz CT molecular complexity index is 1410. The van der Waals surface area contributed by atoms with Crippen molar-refractivity contribution in [1.82, 2.24) is 24.9 Å². The Morgan fingerprint density at radius 1 is 1.07 bits per heavy atom. The Kier molecular flexibility index (Phi) is 3.94. The molecule has 8 nitrogen and oxygen atoms in total. The SMILES string of the molecule is COc1cccc(-c2ccnc3ccc(Nc4nc5nc[nH]c5c(=O)[nH]4)cc23)c1. The lowest BCUT2D eigenvalue weighted by atomic mass is 10.0. The number of methoxy groups -OCH3 is 1. The van der Waals surface area contributed by atoms with Gasteiger partial charge >= 0.3 is 0 Å². The summed E-state index contributed by atoms with van der Waals surface area (Å²) >= 11 is 0. The molecule has 0 aliphatic rings. The number of nitrogens with one attached hydrogen (secondary N) is 3. The van der Waals surface area contributed by atoms with Crippen molar-refractivity contribution in [2.45, 2.75) is 0 Å². The zero-order chi connectivity index (χ0) is 19.8. The van der Waals surface area contributed by atoms with E-state index in [0.717, 1.165) is 33.5 Å². The lowest BCUT2D eigenvalue weighted by Gasteiger charge is -2.10. The number of hydrogen-bond donors (Lipinski definition) is 3. The maximum atomic E-state index is 12.1. The van der Waals surface area contributed by atoms with Crippen LogP contribution in [0.5, 0.6) is 5.75 Å². The van der Waals surface area contributed by atoms with Crippen LogP contribution < -0.4 is 15.6 Å². The fourth-order valence-electron chi connectivity index (χ4n) is 3.31. The highest BCUT2D eigenvalue weighted by molar-refractivity contribution is 5.96. The van der Waals surface area contributed by atoms with Crippen molar-refractivity contribution in [1.29, 1.82) is 0 Å². The molecule has 0 aliphatic carbocycles. The van der Waals surface area contributed by atoms with Crippen molar-refractivity contribution in [3.05, 3.63) is 71.4 Å². The predicted octanol–water partition coefficient (Wildman–Crippen LogP) is 3.61. The maximum Gasteiger partial charge on any atom is 0.278 e. The molecule has 0 bridgehead atoms. The van der Waals surface area contributed by atoms with Crippen LogP contribution in [0.4, 0.5) is 11.6 Å². The highest BCUT2D eigenvalue weighted by Gasteiger charge is 2.09. The van der Waals surface area contributed by atoms with E-state index in [1.54, 1.807) is 13.3 Å². The van der Waals surface area contributed by atoms with Crippen LogP contribution in [-0.2, 0) is 0 Å². The molecule has 0 amide bonds. The van der Waals surface area contributed by atoms with Gasteiger partial charge in [0.15, 0.2) is 11.2 Å². The summed E-state index contributed by atoms with van der Waals surface area (Å²) in [6, 6.07) is 15.6. The van der Waals surface area contributed by atoms with Crippen LogP contribution in [0.1, 0.15) is 0 Å². The monoisotopic (exact) mass is 384 g/mol. The molecule has 3 aromatic heterocycles. The van der Waals surface area contributed by atoms with Gasteiger partial charge in [-0.3, -0.25) is 14.8 Å². The summed E-state index contributed by atoms with van der Waals surface area (Å²) < 4.78 is 5.35. The number of hydrogen-bond acceptors (Lipinski definition) is 6. The third-order valence-electron chi connectivity index (χ3n) is 4.68. The van der Waals surface area contributed by atoms with E-state index in [-0.39, 0.29) is 5.56 Å². The Hall–Kier alpha value is -4.20. The minimum atomic E-state index is -0.283. The summed E-state index contributed by atoms with van der Waals surface area (Å²) in [5.41, 5.74) is 4.11. The first-order chi connectivity index (χ1) is 14.2. The molecule has 29 heavy (non-hydrogen) atoms. The second-order valence-corrected chi connectivity index (χ2v) is 6.46. The summed E-state index contributed by atoms with van der Waals surface area (Å²) in [5, 5.41) is 4.11. The lowest BCUT2D eigenvalue weighted by molar-refractivity contribution is 0.415. The molecule has 5 aromatic rings.